The van der Waals surface area contributed by atoms with Crippen LogP contribution in [0, 0.1) is 5.82 Å². The lowest BCUT2D eigenvalue weighted by molar-refractivity contribution is 0.415. The highest BCUT2D eigenvalue weighted by Gasteiger charge is 2.23. The van der Waals surface area contributed by atoms with Crippen molar-refractivity contribution in [3.05, 3.63) is 29.8 Å². The van der Waals surface area contributed by atoms with Gasteiger partial charge in [0.05, 0.1) is 11.3 Å². The first-order valence-corrected chi connectivity index (χ1v) is 6.13. The molecule has 5 heteroatoms. The molecule has 0 amide bonds. The van der Waals surface area contributed by atoms with E-state index in [1.807, 2.05) is 0 Å². The van der Waals surface area contributed by atoms with Gasteiger partial charge in [-0.15, -0.1) is 0 Å². The Morgan fingerprint density at radius 2 is 2.06 bits per heavy atom. The summed E-state index contributed by atoms with van der Waals surface area (Å²) >= 11 is 0. The van der Waals surface area contributed by atoms with Crippen LogP contribution in [0.5, 0.6) is 0 Å². The van der Waals surface area contributed by atoms with Crippen LogP contribution in [0.25, 0.3) is 11.5 Å². The lowest BCUT2D eigenvalue weighted by Gasteiger charge is -2.01. The summed E-state index contributed by atoms with van der Waals surface area (Å²) in [5, 5.41) is 3.98. The first-order chi connectivity index (χ1) is 8.75. The largest absolute Gasteiger partial charge is 0.396 e. The van der Waals surface area contributed by atoms with E-state index in [9.17, 15) is 4.39 Å². The minimum absolute atomic E-state index is 0.0547. The minimum Gasteiger partial charge on any atom is -0.396 e. The maximum Gasteiger partial charge on any atom is 0.260 e. The second-order valence-electron chi connectivity index (χ2n) is 4.64. The summed E-state index contributed by atoms with van der Waals surface area (Å²) in [4.78, 5) is 4.34. The van der Waals surface area contributed by atoms with Crippen molar-refractivity contribution in [3.63, 3.8) is 0 Å². The smallest absolute Gasteiger partial charge is 0.260 e. The Hall–Kier alpha value is -1.91. The van der Waals surface area contributed by atoms with Gasteiger partial charge in [0.15, 0.2) is 5.82 Å². The van der Waals surface area contributed by atoms with Gasteiger partial charge in [0.25, 0.3) is 5.89 Å². The summed E-state index contributed by atoms with van der Waals surface area (Å²) in [7, 11) is 0. The van der Waals surface area contributed by atoms with Crippen molar-refractivity contribution in [2.24, 2.45) is 0 Å². The minimum atomic E-state index is -0.465. The molecule has 1 aromatic heterocycles. The molecule has 0 aliphatic heterocycles. The average molecular weight is 247 g/mol. The Balaban J connectivity index is 1.95. The van der Waals surface area contributed by atoms with Crippen LogP contribution >= 0.6 is 0 Å². The molecule has 4 nitrogen and oxygen atoms in total. The molecular weight excluding hydrogens is 233 g/mol. The van der Waals surface area contributed by atoms with E-state index in [2.05, 4.69) is 10.1 Å². The van der Waals surface area contributed by atoms with Gasteiger partial charge in [0, 0.05) is 5.92 Å². The van der Waals surface area contributed by atoms with Crippen LogP contribution < -0.4 is 5.73 Å². The lowest BCUT2D eigenvalue weighted by atomic mass is 10.1. The normalized spacial score (nSPS) is 16.3. The SMILES string of the molecule is Nc1c(F)cccc1-c1nc(C2CCCC2)no1. The third-order valence-electron chi connectivity index (χ3n) is 3.45. The Bertz CT molecular complexity index is 561. The summed E-state index contributed by atoms with van der Waals surface area (Å²) in [5.74, 6) is 0.922. The van der Waals surface area contributed by atoms with Gasteiger partial charge in [-0.3, -0.25) is 0 Å². The molecule has 1 aliphatic rings. The van der Waals surface area contributed by atoms with Gasteiger partial charge in [-0.05, 0) is 25.0 Å². The molecule has 3 rings (SSSR count). The number of hydrogen-bond acceptors (Lipinski definition) is 4. The fraction of sp³-hybridized carbons (Fsp3) is 0.385. The molecule has 2 aromatic rings. The van der Waals surface area contributed by atoms with Crippen molar-refractivity contribution in [2.75, 3.05) is 5.73 Å². The van der Waals surface area contributed by atoms with Gasteiger partial charge < -0.3 is 10.3 Å². The Morgan fingerprint density at radius 3 is 2.83 bits per heavy atom. The van der Waals surface area contributed by atoms with E-state index < -0.39 is 5.82 Å². The molecule has 0 radical (unpaired) electrons. The summed E-state index contributed by atoms with van der Waals surface area (Å²) in [5.41, 5.74) is 6.19. The molecule has 1 aliphatic carbocycles. The highest BCUT2D eigenvalue weighted by Crippen LogP contribution is 2.34. The Labute approximate surface area is 104 Å². The first kappa shape index (κ1) is 11.2. The topological polar surface area (TPSA) is 64.9 Å². The van der Waals surface area contributed by atoms with E-state index in [0.29, 0.717) is 23.2 Å². The molecule has 1 saturated carbocycles. The van der Waals surface area contributed by atoms with Gasteiger partial charge in [-0.2, -0.15) is 4.98 Å². The predicted octanol–water partition coefficient (Wildman–Crippen LogP) is 3.12. The fourth-order valence-corrected chi connectivity index (χ4v) is 2.42. The summed E-state index contributed by atoms with van der Waals surface area (Å²) in [6.07, 6.45) is 4.60. The predicted molar refractivity (Wildman–Crippen MR) is 65.3 cm³/mol. The van der Waals surface area contributed by atoms with Crippen LogP contribution in [-0.2, 0) is 0 Å². The van der Waals surface area contributed by atoms with Crippen molar-refractivity contribution >= 4 is 5.69 Å². The molecule has 18 heavy (non-hydrogen) atoms. The molecule has 2 N–H and O–H groups in total. The molecule has 0 spiro atoms. The number of nitrogens with zero attached hydrogens (tertiary/aromatic N) is 2. The summed E-state index contributed by atoms with van der Waals surface area (Å²) < 4.78 is 18.5. The number of nitrogens with two attached hydrogens (primary N) is 1. The van der Waals surface area contributed by atoms with Crippen molar-refractivity contribution in [2.45, 2.75) is 31.6 Å². The van der Waals surface area contributed by atoms with Gasteiger partial charge >= 0.3 is 0 Å². The van der Waals surface area contributed by atoms with Gasteiger partial charge in [0.2, 0.25) is 0 Å². The number of aromatic nitrogens is 2. The van der Waals surface area contributed by atoms with Crippen LogP contribution in [0.4, 0.5) is 10.1 Å². The van der Waals surface area contributed by atoms with Gasteiger partial charge in [0.1, 0.15) is 5.82 Å². The lowest BCUT2D eigenvalue weighted by Crippen LogP contribution is -1.96. The van der Waals surface area contributed by atoms with Gasteiger partial charge in [-0.1, -0.05) is 24.1 Å². The van der Waals surface area contributed by atoms with Gasteiger partial charge in [-0.25, -0.2) is 4.39 Å². The van der Waals surface area contributed by atoms with Crippen LogP contribution in [0.1, 0.15) is 37.4 Å². The number of anilines is 1. The zero-order valence-electron chi connectivity index (χ0n) is 9.90. The zero-order valence-corrected chi connectivity index (χ0v) is 9.90. The zero-order chi connectivity index (χ0) is 12.5. The monoisotopic (exact) mass is 247 g/mol. The van der Waals surface area contributed by atoms with Crippen LogP contribution in [-0.4, -0.2) is 10.1 Å². The molecule has 0 atom stereocenters. The van der Waals surface area contributed by atoms with E-state index >= 15 is 0 Å². The number of halogens is 1. The molecule has 94 valence electrons. The van der Waals surface area contributed by atoms with E-state index in [1.165, 1.54) is 18.9 Å². The molecule has 0 bridgehead atoms. The summed E-state index contributed by atoms with van der Waals surface area (Å²) in [6.45, 7) is 0. The summed E-state index contributed by atoms with van der Waals surface area (Å²) in [6, 6.07) is 4.58. The quantitative estimate of drug-likeness (QED) is 0.828. The second kappa shape index (κ2) is 4.40. The van der Waals surface area contributed by atoms with Crippen molar-refractivity contribution < 1.29 is 8.91 Å². The Kier molecular flexibility index (Phi) is 2.74. The molecule has 0 saturated heterocycles. The third-order valence-corrected chi connectivity index (χ3v) is 3.45. The van der Waals surface area contributed by atoms with E-state index in [4.69, 9.17) is 10.3 Å². The molecule has 1 fully saturated rings. The fourth-order valence-electron chi connectivity index (χ4n) is 2.42. The first-order valence-electron chi connectivity index (χ1n) is 6.13. The molecular formula is C13H14FN3O. The highest BCUT2D eigenvalue weighted by molar-refractivity contribution is 5.70. The van der Waals surface area contributed by atoms with E-state index in [-0.39, 0.29) is 5.69 Å². The number of rotatable bonds is 2. The van der Waals surface area contributed by atoms with Crippen LogP contribution in [0.2, 0.25) is 0 Å². The number of nitrogen functional groups attached to an aromatic ring is 1. The number of benzene rings is 1. The van der Waals surface area contributed by atoms with E-state index in [0.717, 1.165) is 12.8 Å². The van der Waals surface area contributed by atoms with Crippen molar-refractivity contribution in [1.82, 2.24) is 10.1 Å². The van der Waals surface area contributed by atoms with Crippen molar-refractivity contribution in [3.8, 4) is 11.5 Å². The molecule has 1 heterocycles. The van der Waals surface area contributed by atoms with E-state index in [1.54, 1.807) is 12.1 Å². The number of hydrogen-bond donors (Lipinski definition) is 1. The van der Waals surface area contributed by atoms with Crippen LogP contribution in [0.3, 0.4) is 0 Å². The van der Waals surface area contributed by atoms with Crippen molar-refractivity contribution in [1.29, 1.82) is 0 Å². The highest BCUT2D eigenvalue weighted by atomic mass is 19.1. The maximum atomic E-state index is 13.4. The maximum absolute atomic E-state index is 13.4. The van der Waals surface area contributed by atoms with Crippen LogP contribution in [0.15, 0.2) is 22.7 Å². The average Bonchev–Trinajstić information content (AvgIpc) is 3.01. The second-order valence-corrected chi connectivity index (χ2v) is 4.64. The third kappa shape index (κ3) is 1.85. The Morgan fingerprint density at radius 1 is 1.28 bits per heavy atom. The molecule has 0 unspecified atom stereocenters. The standard InChI is InChI=1S/C13H14FN3O/c14-10-7-3-6-9(11(10)15)13-16-12(17-18-13)8-4-1-2-5-8/h3,6-8H,1-2,4-5,15H2. The number of para-hydroxylation sites is 1. The molecule has 1 aromatic carbocycles.